The minimum Gasteiger partial charge on any atom is -0.342 e. The van der Waals surface area contributed by atoms with Crippen molar-refractivity contribution >= 4 is 17.7 Å². The molecular formula is C23H29N5O3. The number of piperidine rings is 1. The monoisotopic (exact) mass is 423 g/mol. The van der Waals surface area contributed by atoms with Gasteiger partial charge in [-0.25, -0.2) is 0 Å². The first-order chi connectivity index (χ1) is 15.0. The molecule has 1 aromatic carbocycles. The van der Waals surface area contributed by atoms with Gasteiger partial charge in [0.2, 0.25) is 5.91 Å². The van der Waals surface area contributed by atoms with E-state index in [9.17, 15) is 14.4 Å². The Bertz CT molecular complexity index is 977. The van der Waals surface area contributed by atoms with Crippen molar-refractivity contribution in [1.82, 2.24) is 24.9 Å². The molecule has 0 spiro atoms. The molecule has 2 aromatic rings. The highest BCUT2D eigenvalue weighted by Gasteiger charge is 2.27. The molecule has 1 aromatic heterocycles. The molecule has 0 atom stereocenters. The van der Waals surface area contributed by atoms with E-state index in [4.69, 9.17) is 0 Å². The van der Waals surface area contributed by atoms with Gasteiger partial charge in [0.05, 0.1) is 6.54 Å². The molecule has 0 saturated carbocycles. The summed E-state index contributed by atoms with van der Waals surface area (Å²) in [5.41, 5.74) is 2.82. The third-order valence-corrected chi connectivity index (χ3v) is 5.88. The predicted molar refractivity (Wildman–Crippen MR) is 116 cm³/mol. The highest BCUT2D eigenvalue weighted by atomic mass is 16.2. The van der Waals surface area contributed by atoms with Crippen molar-refractivity contribution in [3.8, 4) is 0 Å². The zero-order valence-electron chi connectivity index (χ0n) is 18.0. The SMILES string of the molecule is Cc1cccc(CN2CCCn3nc(C(=O)NCC(=O)N4CCCCC4)cc3C2=O)c1. The molecule has 1 saturated heterocycles. The molecule has 31 heavy (non-hydrogen) atoms. The van der Waals surface area contributed by atoms with Gasteiger partial charge >= 0.3 is 0 Å². The summed E-state index contributed by atoms with van der Waals surface area (Å²) in [7, 11) is 0. The van der Waals surface area contributed by atoms with Crippen LogP contribution < -0.4 is 5.32 Å². The Morgan fingerprint density at radius 2 is 1.84 bits per heavy atom. The number of likely N-dealkylation sites (tertiary alicyclic amines) is 1. The molecule has 3 amide bonds. The second-order valence-electron chi connectivity index (χ2n) is 8.33. The summed E-state index contributed by atoms with van der Waals surface area (Å²) in [6.45, 7) is 5.22. The quantitative estimate of drug-likeness (QED) is 0.797. The van der Waals surface area contributed by atoms with Crippen molar-refractivity contribution in [1.29, 1.82) is 0 Å². The number of carbonyl (C=O) groups is 3. The van der Waals surface area contributed by atoms with Gasteiger partial charge in [-0.1, -0.05) is 29.8 Å². The van der Waals surface area contributed by atoms with Crippen LogP contribution in [-0.4, -0.2) is 63.5 Å². The van der Waals surface area contributed by atoms with Crippen molar-refractivity contribution in [3.63, 3.8) is 0 Å². The van der Waals surface area contributed by atoms with Gasteiger partial charge in [-0.05, 0) is 38.2 Å². The van der Waals surface area contributed by atoms with E-state index in [2.05, 4.69) is 16.5 Å². The number of aryl methyl sites for hydroxylation is 2. The van der Waals surface area contributed by atoms with E-state index in [1.807, 2.05) is 25.1 Å². The lowest BCUT2D eigenvalue weighted by Gasteiger charge is -2.26. The van der Waals surface area contributed by atoms with Gasteiger partial charge in [0.25, 0.3) is 11.8 Å². The number of benzene rings is 1. The maximum atomic E-state index is 13.1. The molecule has 1 fully saturated rings. The predicted octanol–water partition coefficient (Wildman–Crippen LogP) is 1.98. The van der Waals surface area contributed by atoms with Crippen LogP contribution in [0.2, 0.25) is 0 Å². The first-order valence-corrected chi connectivity index (χ1v) is 11.0. The highest BCUT2D eigenvalue weighted by Crippen LogP contribution is 2.17. The van der Waals surface area contributed by atoms with Gasteiger partial charge in [-0.2, -0.15) is 5.10 Å². The smallest absolute Gasteiger partial charge is 0.272 e. The summed E-state index contributed by atoms with van der Waals surface area (Å²) >= 11 is 0. The maximum Gasteiger partial charge on any atom is 0.272 e. The lowest BCUT2D eigenvalue weighted by molar-refractivity contribution is -0.130. The number of hydrogen-bond donors (Lipinski definition) is 1. The number of nitrogens with one attached hydrogen (secondary N) is 1. The molecule has 0 unspecified atom stereocenters. The fourth-order valence-electron chi connectivity index (χ4n) is 4.23. The minimum absolute atomic E-state index is 0.0472. The molecule has 4 rings (SSSR count). The van der Waals surface area contributed by atoms with Crippen LogP contribution in [0.1, 0.15) is 57.8 Å². The van der Waals surface area contributed by atoms with Crippen molar-refractivity contribution in [2.24, 2.45) is 0 Å². The molecule has 0 bridgehead atoms. The van der Waals surface area contributed by atoms with E-state index in [0.717, 1.165) is 49.9 Å². The summed E-state index contributed by atoms with van der Waals surface area (Å²) in [4.78, 5) is 41.6. The second-order valence-corrected chi connectivity index (χ2v) is 8.33. The number of aromatic nitrogens is 2. The van der Waals surface area contributed by atoms with Crippen LogP contribution in [0.3, 0.4) is 0 Å². The van der Waals surface area contributed by atoms with Gasteiger partial charge in [-0.3, -0.25) is 19.1 Å². The molecule has 8 nitrogen and oxygen atoms in total. The molecule has 2 aliphatic heterocycles. The third kappa shape index (κ3) is 4.95. The Balaban J connectivity index is 1.41. The molecule has 8 heteroatoms. The van der Waals surface area contributed by atoms with Gasteiger partial charge in [0.15, 0.2) is 5.69 Å². The topological polar surface area (TPSA) is 87.5 Å². The fourth-order valence-corrected chi connectivity index (χ4v) is 4.23. The Kier molecular flexibility index (Phi) is 6.34. The Hall–Kier alpha value is -3.16. The van der Waals surface area contributed by atoms with Crippen molar-refractivity contribution in [2.45, 2.75) is 45.7 Å². The molecule has 3 heterocycles. The first-order valence-electron chi connectivity index (χ1n) is 11.0. The number of rotatable bonds is 5. The van der Waals surface area contributed by atoms with Gasteiger partial charge in [0.1, 0.15) is 5.69 Å². The van der Waals surface area contributed by atoms with E-state index < -0.39 is 5.91 Å². The normalized spacial score (nSPS) is 16.6. The zero-order valence-corrected chi connectivity index (χ0v) is 18.0. The number of fused-ring (bicyclic) bond motifs is 1. The van der Waals surface area contributed by atoms with Gasteiger partial charge in [-0.15, -0.1) is 0 Å². The van der Waals surface area contributed by atoms with E-state index in [1.165, 1.54) is 6.07 Å². The zero-order chi connectivity index (χ0) is 21.8. The lowest BCUT2D eigenvalue weighted by atomic mass is 10.1. The van der Waals surface area contributed by atoms with Crippen LogP contribution in [0.15, 0.2) is 30.3 Å². The summed E-state index contributed by atoms with van der Waals surface area (Å²) in [5.74, 6) is -0.631. The lowest BCUT2D eigenvalue weighted by Crippen LogP contribution is -2.42. The number of carbonyl (C=O) groups excluding carboxylic acids is 3. The van der Waals surface area contributed by atoms with E-state index >= 15 is 0 Å². The summed E-state index contributed by atoms with van der Waals surface area (Å²) in [5, 5.41) is 7.00. The first kappa shape index (κ1) is 21.1. The van der Waals surface area contributed by atoms with Crippen LogP contribution in [0.5, 0.6) is 0 Å². The van der Waals surface area contributed by atoms with Crippen LogP contribution in [-0.2, 0) is 17.9 Å². The minimum atomic E-state index is -0.427. The van der Waals surface area contributed by atoms with Gasteiger partial charge < -0.3 is 15.1 Å². The molecule has 164 valence electrons. The van der Waals surface area contributed by atoms with Crippen molar-refractivity contribution < 1.29 is 14.4 Å². The van der Waals surface area contributed by atoms with E-state index in [1.54, 1.807) is 14.5 Å². The van der Waals surface area contributed by atoms with Crippen LogP contribution >= 0.6 is 0 Å². The fraction of sp³-hybridized carbons (Fsp3) is 0.478. The number of amides is 3. The van der Waals surface area contributed by atoms with Crippen LogP contribution in [0.4, 0.5) is 0 Å². The molecule has 0 aliphatic carbocycles. The third-order valence-electron chi connectivity index (χ3n) is 5.88. The summed E-state index contributed by atoms with van der Waals surface area (Å²) in [6, 6.07) is 9.65. The standard InChI is InChI=1S/C23H29N5O3/c1-17-7-5-8-18(13-17)16-27-11-6-12-28-20(23(27)31)14-19(25-28)22(30)24-15-21(29)26-9-3-2-4-10-26/h5,7-8,13-14H,2-4,6,9-12,15-16H2,1H3,(H,24,30). The Morgan fingerprint density at radius 3 is 2.61 bits per heavy atom. The largest absolute Gasteiger partial charge is 0.342 e. The van der Waals surface area contributed by atoms with Crippen molar-refractivity contribution in [2.75, 3.05) is 26.2 Å². The van der Waals surface area contributed by atoms with Crippen molar-refractivity contribution in [3.05, 3.63) is 52.8 Å². The van der Waals surface area contributed by atoms with Crippen LogP contribution in [0, 0.1) is 6.92 Å². The average molecular weight is 424 g/mol. The highest BCUT2D eigenvalue weighted by molar-refractivity contribution is 5.99. The number of hydrogen-bond acceptors (Lipinski definition) is 4. The Morgan fingerprint density at radius 1 is 1.03 bits per heavy atom. The number of nitrogens with zero attached hydrogens (tertiary/aromatic N) is 4. The maximum absolute atomic E-state index is 13.1. The summed E-state index contributed by atoms with van der Waals surface area (Å²) < 4.78 is 1.61. The van der Waals surface area contributed by atoms with Gasteiger partial charge in [0, 0.05) is 38.8 Å². The van der Waals surface area contributed by atoms with Crippen LogP contribution in [0.25, 0.3) is 0 Å². The van der Waals surface area contributed by atoms with E-state index in [-0.39, 0.29) is 24.1 Å². The molecule has 1 N–H and O–H groups in total. The van der Waals surface area contributed by atoms with E-state index in [0.29, 0.717) is 25.3 Å². The molecule has 0 radical (unpaired) electrons. The summed E-state index contributed by atoms with van der Waals surface area (Å²) in [6.07, 6.45) is 3.93. The molecular weight excluding hydrogens is 394 g/mol. The average Bonchev–Trinajstić information content (AvgIpc) is 3.15. The Labute approximate surface area is 182 Å². The second kappa shape index (κ2) is 9.32. The molecule has 2 aliphatic rings.